The highest BCUT2D eigenvalue weighted by molar-refractivity contribution is 7.99. The van der Waals surface area contributed by atoms with Crippen LogP contribution in [0, 0.1) is 0 Å². The van der Waals surface area contributed by atoms with E-state index in [2.05, 4.69) is 20.8 Å². The van der Waals surface area contributed by atoms with E-state index in [1.165, 1.54) is 18.9 Å². The molecular formula is C27H27N5O5S. The fourth-order valence-corrected chi connectivity index (χ4v) is 4.36. The molecule has 38 heavy (non-hydrogen) atoms. The number of ether oxygens (including phenoxy) is 3. The number of aromatic nitrogens is 3. The third kappa shape index (κ3) is 6.43. The lowest BCUT2D eigenvalue weighted by atomic mass is 10.2. The standard InChI is InChI=1S/C27H27N5O5S/c1-35-20-12-8-18(9-13-20)28-16-24-30-31-27(32(24)19-10-14-21(36-2)15-11-19)38-17-25(33)29-23-7-5-4-6-22(23)26(34)37-3/h4-15,28H,16-17H2,1-3H3,(H,29,33). The number of nitrogens with one attached hydrogen (secondary N) is 2. The molecule has 0 aliphatic heterocycles. The van der Waals surface area contributed by atoms with Gasteiger partial charge in [-0.25, -0.2) is 4.79 Å². The molecule has 2 N–H and O–H groups in total. The number of esters is 1. The molecule has 1 aromatic heterocycles. The number of benzene rings is 3. The Morgan fingerprint density at radius 1 is 0.868 bits per heavy atom. The van der Waals surface area contributed by atoms with Crippen molar-refractivity contribution in [1.29, 1.82) is 0 Å². The molecule has 0 atom stereocenters. The summed E-state index contributed by atoms with van der Waals surface area (Å²) in [6.07, 6.45) is 0. The Morgan fingerprint density at radius 2 is 1.53 bits per heavy atom. The molecular weight excluding hydrogens is 506 g/mol. The molecule has 1 heterocycles. The number of methoxy groups -OCH3 is 3. The van der Waals surface area contributed by atoms with Gasteiger partial charge in [-0.15, -0.1) is 10.2 Å². The first kappa shape index (κ1) is 26.6. The molecule has 1 amide bonds. The highest BCUT2D eigenvalue weighted by atomic mass is 32.2. The number of carbonyl (C=O) groups is 2. The number of rotatable bonds is 11. The fourth-order valence-electron chi connectivity index (χ4n) is 3.59. The van der Waals surface area contributed by atoms with Crippen LogP contribution >= 0.6 is 11.8 Å². The second kappa shape index (κ2) is 12.6. The van der Waals surface area contributed by atoms with Gasteiger partial charge in [-0.3, -0.25) is 9.36 Å². The van der Waals surface area contributed by atoms with Crippen molar-refractivity contribution in [3.8, 4) is 17.2 Å². The van der Waals surface area contributed by atoms with Crippen LogP contribution in [0.4, 0.5) is 11.4 Å². The molecule has 0 bridgehead atoms. The Kier molecular flexibility index (Phi) is 8.83. The Morgan fingerprint density at radius 3 is 2.18 bits per heavy atom. The first-order valence-electron chi connectivity index (χ1n) is 11.6. The largest absolute Gasteiger partial charge is 0.497 e. The average Bonchev–Trinajstić information content (AvgIpc) is 3.37. The summed E-state index contributed by atoms with van der Waals surface area (Å²) in [5, 5.41) is 15.4. The van der Waals surface area contributed by atoms with E-state index in [9.17, 15) is 9.59 Å². The number of amides is 1. The van der Waals surface area contributed by atoms with Gasteiger partial charge in [-0.1, -0.05) is 23.9 Å². The maximum absolute atomic E-state index is 12.8. The zero-order valence-corrected chi connectivity index (χ0v) is 22.0. The number of hydrogen-bond donors (Lipinski definition) is 2. The molecule has 0 spiro atoms. The van der Waals surface area contributed by atoms with Crippen molar-refractivity contribution in [3.63, 3.8) is 0 Å². The minimum Gasteiger partial charge on any atom is -0.497 e. The van der Waals surface area contributed by atoms with Gasteiger partial charge in [-0.2, -0.15) is 0 Å². The molecule has 0 aliphatic rings. The van der Waals surface area contributed by atoms with E-state index in [-0.39, 0.29) is 17.2 Å². The summed E-state index contributed by atoms with van der Waals surface area (Å²) in [5.41, 5.74) is 2.38. The van der Waals surface area contributed by atoms with Crippen LogP contribution in [0.5, 0.6) is 11.5 Å². The zero-order valence-electron chi connectivity index (χ0n) is 21.1. The molecule has 196 valence electrons. The zero-order chi connectivity index (χ0) is 26.9. The van der Waals surface area contributed by atoms with Crippen LogP contribution in [0.2, 0.25) is 0 Å². The molecule has 0 saturated carbocycles. The van der Waals surface area contributed by atoms with Gasteiger partial charge < -0.3 is 24.8 Å². The van der Waals surface area contributed by atoms with Gasteiger partial charge >= 0.3 is 5.97 Å². The van der Waals surface area contributed by atoms with Crippen LogP contribution in [0.1, 0.15) is 16.2 Å². The van der Waals surface area contributed by atoms with Gasteiger partial charge in [-0.05, 0) is 60.7 Å². The third-order valence-electron chi connectivity index (χ3n) is 5.51. The molecule has 0 unspecified atom stereocenters. The van der Waals surface area contributed by atoms with Crippen LogP contribution in [0.3, 0.4) is 0 Å². The lowest BCUT2D eigenvalue weighted by molar-refractivity contribution is -0.113. The third-order valence-corrected chi connectivity index (χ3v) is 6.44. The van der Waals surface area contributed by atoms with E-state index in [1.807, 2.05) is 53.1 Å². The van der Waals surface area contributed by atoms with Crippen molar-refractivity contribution < 1.29 is 23.8 Å². The topological polar surface area (TPSA) is 117 Å². The molecule has 10 nitrogen and oxygen atoms in total. The summed E-state index contributed by atoms with van der Waals surface area (Å²) in [4.78, 5) is 24.8. The van der Waals surface area contributed by atoms with Gasteiger partial charge in [0.2, 0.25) is 5.91 Å². The predicted octanol–water partition coefficient (Wildman–Crippen LogP) is 4.41. The number of anilines is 2. The van der Waals surface area contributed by atoms with E-state index in [1.54, 1.807) is 38.5 Å². The minimum atomic E-state index is -0.526. The second-order valence-electron chi connectivity index (χ2n) is 7.89. The molecule has 0 aliphatic carbocycles. The number of thioether (sulfide) groups is 1. The lowest BCUT2D eigenvalue weighted by Gasteiger charge is -2.13. The van der Waals surface area contributed by atoms with Crippen molar-refractivity contribution in [2.45, 2.75) is 11.7 Å². The van der Waals surface area contributed by atoms with E-state index in [0.29, 0.717) is 23.2 Å². The molecule has 0 saturated heterocycles. The Bertz CT molecular complexity index is 1390. The van der Waals surface area contributed by atoms with E-state index in [4.69, 9.17) is 14.2 Å². The lowest BCUT2D eigenvalue weighted by Crippen LogP contribution is -2.17. The molecule has 3 aromatic carbocycles. The molecule has 4 rings (SSSR count). The van der Waals surface area contributed by atoms with Crippen molar-refractivity contribution in [2.75, 3.05) is 37.7 Å². The summed E-state index contributed by atoms with van der Waals surface area (Å²) >= 11 is 1.23. The van der Waals surface area contributed by atoms with Gasteiger partial charge in [0.05, 0.1) is 44.9 Å². The predicted molar refractivity (Wildman–Crippen MR) is 145 cm³/mol. The van der Waals surface area contributed by atoms with Crippen LogP contribution in [0.25, 0.3) is 5.69 Å². The number of hydrogen-bond acceptors (Lipinski definition) is 9. The summed E-state index contributed by atoms with van der Waals surface area (Å²) in [7, 11) is 4.53. The Labute approximate surface area is 224 Å². The van der Waals surface area contributed by atoms with Crippen molar-refractivity contribution in [2.24, 2.45) is 0 Å². The smallest absolute Gasteiger partial charge is 0.339 e. The monoisotopic (exact) mass is 533 g/mol. The molecule has 11 heteroatoms. The fraction of sp³-hybridized carbons (Fsp3) is 0.185. The van der Waals surface area contributed by atoms with Crippen LogP contribution in [0.15, 0.2) is 78.0 Å². The average molecular weight is 534 g/mol. The summed E-state index contributed by atoms with van der Waals surface area (Å²) in [6.45, 7) is 0.393. The minimum absolute atomic E-state index is 0.0513. The van der Waals surface area contributed by atoms with Crippen molar-refractivity contribution in [1.82, 2.24) is 14.8 Å². The summed E-state index contributed by atoms with van der Waals surface area (Å²) < 4.78 is 17.2. The van der Waals surface area contributed by atoms with Crippen LogP contribution < -0.4 is 20.1 Å². The number of para-hydroxylation sites is 1. The SMILES string of the molecule is COC(=O)c1ccccc1NC(=O)CSc1nnc(CNc2ccc(OC)cc2)n1-c1ccc(OC)cc1. The van der Waals surface area contributed by atoms with E-state index < -0.39 is 5.97 Å². The van der Waals surface area contributed by atoms with Gasteiger partial charge in [0.15, 0.2) is 11.0 Å². The van der Waals surface area contributed by atoms with Crippen molar-refractivity contribution >= 4 is 35.0 Å². The van der Waals surface area contributed by atoms with Gasteiger partial charge in [0.25, 0.3) is 0 Å². The van der Waals surface area contributed by atoms with E-state index in [0.717, 1.165) is 22.9 Å². The highest BCUT2D eigenvalue weighted by Gasteiger charge is 2.18. The molecule has 4 aromatic rings. The second-order valence-corrected chi connectivity index (χ2v) is 8.83. The van der Waals surface area contributed by atoms with Crippen LogP contribution in [-0.4, -0.2) is 53.7 Å². The maximum atomic E-state index is 12.8. The van der Waals surface area contributed by atoms with Crippen molar-refractivity contribution in [3.05, 3.63) is 84.2 Å². The highest BCUT2D eigenvalue weighted by Crippen LogP contribution is 2.25. The first-order chi connectivity index (χ1) is 18.5. The van der Waals surface area contributed by atoms with E-state index >= 15 is 0 Å². The number of nitrogens with zero attached hydrogens (tertiary/aromatic N) is 3. The Balaban J connectivity index is 1.52. The van der Waals surface area contributed by atoms with Gasteiger partial charge in [0, 0.05) is 11.4 Å². The molecule has 0 fully saturated rings. The normalized spacial score (nSPS) is 10.5. The summed E-state index contributed by atoms with van der Waals surface area (Å²) in [6, 6.07) is 21.7. The Hall–Kier alpha value is -4.51. The van der Waals surface area contributed by atoms with Crippen LogP contribution in [-0.2, 0) is 16.1 Å². The quantitative estimate of drug-likeness (QED) is 0.214. The number of carbonyl (C=O) groups excluding carboxylic acids is 2. The first-order valence-corrected chi connectivity index (χ1v) is 12.6. The maximum Gasteiger partial charge on any atom is 0.339 e. The molecule has 0 radical (unpaired) electrons. The summed E-state index contributed by atoms with van der Waals surface area (Å²) in [5.74, 6) is 1.37. The van der Waals surface area contributed by atoms with Gasteiger partial charge in [0.1, 0.15) is 11.5 Å².